The third kappa shape index (κ3) is 3.04. The quantitative estimate of drug-likeness (QED) is 0.763. The highest BCUT2D eigenvalue weighted by atomic mass is 35.5. The van der Waals surface area contributed by atoms with Gasteiger partial charge in [-0.2, -0.15) is 0 Å². The number of aryl methyl sites for hydroxylation is 1. The van der Waals surface area contributed by atoms with Gasteiger partial charge in [-0.05, 0) is 18.1 Å². The lowest BCUT2D eigenvalue weighted by Gasteiger charge is -2.08. The van der Waals surface area contributed by atoms with Crippen LogP contribution in [0.4, 0.5) is 5.69 Å². The molecule has 3 heteroatoms. The molecule has 0 saturated heterocycles. The van der Waals surface area contributed by atoms with E-state index >= 15 is 0 Å². The van der Waals surface area contributed by atoms with E-state index in [4.69, 9.17) is 11.6 Å². The number of hydrogen-bond donors (Lipinski definition) is 1. The molecule has 1 aromatic carbocycles. The van der Waals surface area contributed by atoms with Crippen LogP contribution in [0.3, 0.4) is 0 Å². The van der Waals surface area contributed by atoms with Crippen molar-refractivity contribution in [3.05, 3.63) is 29.8 Å². The van der Waals surface area contributed by atoms with Gasteiger partial charge < -0.3 is 5.32 Å². The zero-order valence-electron chi connectivity index (χ0n) is 8.22. The fraction of sp³-hybridized carbons (Fsp3) is 0.364. The van der Waals surface area contributed by atoms with Gasteiger partial charge in [0.25, 0.3) is 0 Å². The smallest absolute Gasteiger partial charge is 0.239 e. The van der Waals surface area contributed by atoms with Crippen LogP contribution >= 0.6 is 11.6 Å². The van der Waals surface area contributed by atoms with Gasteiger partial charge >= 0.3 is 0 Å². The molecule has 0 spiro atoms. The number of rotatable bonds is 4. The highest BCUT2D eigenvalue weighted by molar-refractivity contribution is 6.29. The van der Waals surface area contributed by atoms with Crippen molar-refractivity contribution in [1.82, 2.24) is 0 Å². The molecule has 0 radical (unpaired) electrons. The second-order valence-corrected chi connectivity index (χ2v) is 3.36. The van der Waals surface area contributed by atoms with E-state index in [-0.39, 0.29) is 11.8 Å². The van der Waals surface area contributed by atoms with Crippen LogP contribution in [-0.2, 0) is 11.2 Å². The number of amides is 1. The summed E-state index contributed by atoms with van der Waals surface area (Å²) in [6.07, 6.45) is 2.03. The van der Waals surface area contributed by atoms with Crippen molar-refractivity contribution in [3.8, 4) is 0 Å². The Balaban J connectivity index is 2.78. The fourth-order valence-electron chi connectivity index (χ4n) is 1.31. The topological polar surface area (TPSA) is 29.1 Å². The maximum Gasteiger partial charge on any atom is 0.239 e. The summed E-state index contributed by atoms with van der Waals surface area (Å²) in [5, 5.41) is 2.77. The highest BCUT2D eigenvalue weighted by Crippen LogP contribution is 2.16. The van der Waals surface area contributed by atoms with Gasteiger partial charge in [-0.3, -0.25) is 4.79 Å². The van der Waals surface area contributed by atoms with E-state index in [0.29, 0.717) is 0 Å². The molecule has 0 saturated carbocycles. The standard InChI is InChI=1S/C11H14ClNO/c1-2-5-9-6-3-4-7-10(9)13-11(14)8-12/h3-4,6-7H,2,5,8H2,1H3,(H,13,14). The zero-order chi connectivity index (χ0) is 10.4. The number of hydrogen-bond acceptors (Lipinski definition) is 1. The predicted octanol–water partition coefficient (Wildman–Crippen LogP) is 2.82. The number of para-hydroxylation sites is 1. The highest BCUT2D eigenvalue weighted by Gasteiger charge is 2.03. The van der Waals surface area contributed by atoms with E-state index in [9.17, 15) is 4.79 Å². The summed E-state index contributed by atoms with van der Waals surface area (Å²) in [7, 11) is 0. The molecule has 0 aliphatic rings. The molecule has 0 bridgehead atoms. The van der Waals surface area contributed by atoms with Crippen molar-refractivity contribution >= 4 is 23.2 Å². The van der Waals surface area contributed by atoms with Gasteiger partial charge in [0, 0.05) is 5.69 Å². The van der Waals surface area contributed by atoms with E-state index in [0.717, 1.165) is 24.1 Å². The molecule has 2 nitrogen and oxygen atoms in total. The first-order chi connectivity index (χ1) is 6.77. The Morgan fingerprint density at radius 2 is 2.14 bits per heavy atom. The first-order valence-corrected chi connectivity index (χ1v) is 5.25. The van der Waals surface area contributed by atoms with Crippen molar-refractivity contribution < 1.29 is 4.79 Å². The van der Waals surface area contributed by atoms with E-state index in [1.54, 1.807) is 0 Å². The molecule has 76 valence electrons. The van der Waals surface area contributed by atoms with Crippen LogP contribution in [0.5, 0.6) is 0 Å². The lowest BCUT2D eigenvalue weighted by atomic mass is 10.1. The van der Waals surface area contributed by atoms with Gasteiger partial charge in [0.1, 0.15) is 5.88 Å². The summed E-state index contributed by atoms with van der Waals surface area (Å²) < 4.78 is 0. The minimum absolute atomic E-state index is 0.000456. The molecule has 0 aliphatic carbocycles. The van der Waals surface area contributed by atoms with Crippen molar-refractivity contribution in [1.29, 1.82) is 0 Å². The normalized spacial score (nSPS) is 9.86. The average molecular weight is 212 g/mol. The Morgan fingerprint density at radius 3 is 2.79 bits per heavy atom. The second kappa shape index (κ2) is 5.66. The average Bonchev–Trinajstić information content (AvgIpc) is 2.21. The summed E-state index contributed by atoms with van der Waals surface area (Å²) >= 11 is 5.42. The lowest BCUT2D eigenvalue weighted by Crippen LogP contribution is -2.13. The van der Waals surface area contributed by atoms with Gasteiger partial charge in [0.2, 0.25) is 5.91 Å². The molecule has 0 aliphatic heterocycles. The largest absolute Gasteiger partial charge is 0.325 e. The molecule has 14 heavy (non-hydrogen) atoms. The van der Waals surface area contributed by atoms with Gasteiger partial charge in [-0.25, -0.2) is 0 Å². The molecule has 0 fully saturated rings. The Hall–Kier alpha value is -1.02. The van der Waals surface area contributed by atoms with E-state index in [1.807, 2.05) is 24.3 Å². The molecule has 0 heterocycles. The van der Waals surface area contributed by atoms with Gasteiger partial charge in [0.05, 0.1) is 0 Å². The SMILES string of the molecule is CCCc1ccccc1NC(=O)CCl. The van der Waals surface area contributed by atoms with Crippen LogP contribution in [0.1, 0.15) is 18.9 Å². The maximum atomic E-state index is 11.1. The number of carbonyl (C=O) groups excluding carboxylic acids is 1. The lowest BCUT2D eigenvalue weighted by molar-refractivity contribution is -0.113. The summed E-state index contributed by atoms with van der Waals surface area (Å²) in [5.74, 6) is -0.157. The van der Waals surface area contributed by atoms with Gasteiger partial charge in [-0.15, -0.1) is 11.6 Å². The third-order valence-electron chi connectivity index (χ3n) is 1.93. The Kier molecular flexibility index (Phi) is 4.47. The maximum absolute atomic E-state index is 11.1. The van der Waals surface area contributed by atoms with Crippen LogP contribution in [0.2, 0.25) is 0 Å². The number of halogens is 1. The molecule has 0 unspecified atom stereocenters. The van der Waals surface area contributed by atoms with Crippen LogP contribution in [0, 0.1) is 0 Å². The van der Waals surface area contributed by atoms with Crippen molar-refractivity contribution in [2.24, 2.45) is 0 Å². The summed E-state index contributed by atoms with van der Waals surface area (Å²) in [6.45, 7) is 2.11. The minimum Gasteiger partial charge on any atom is -0.325 e. The number of anilines is 1. The summed E-state index contributed by atoms with van der Waals surface area (Å²) in [6, 6.07) is 7.80. The van der Waals surface area contributed by atoms with Crippen LogP contribution in [0.25, 0.3) is 0 Å². The van der Waals surface area contributed by atoms with E-state index in [1.165, 1.54) is 0 Å². The third-order valence-corrected chi connectivity index (χ3v) is 2.17. The summed E-state index contributed by atoms with van der Waals surface area (Å²) in [5.41, 5.74) is 2.04. The van der Waals surface area contributed by atoms with Crippen molar-refractivity contribution in [2.75, 3.05) is 11.2 Å². The molecule has 1 aromatic rings. The van der Waals surface area contributed by atoms with Crippen LogP contribution in [-0.4, -0.2) is 11.8 Å². The number of benzene rings is 1. The van der Waals surface area contributed by atoms with Crippen LogP contribution in [0.15, 0.2) is 24.3 Å². The molecule has 1 rings (SSSR count). The van der Waals surface area contributed by atoms with Crippen LogP contribution < -0.4 is 5.32 Å². The Labute approximate surface area is 89.3 Å². The monoisotopic (exact) mass is 211 g/mol. The zero-order valence-corrected chi connectivity index (χ0v) is 8.97. The minimum atomic E-state index is -0.157. The van der Waals surface area contributed by atoms with Gasteiger partial charge in [0.15, 0.2) is 0 Å². The molecule has 1 amide bonds. The Bertz CT molecular complexity index is 312. The molecule has 0 aromatic heterocycles. The van der Waals surface area contributed by atoms with E-state index in [2.05, 4.69) is 12.2 Å². The second-order valence-electron chi connectivity index (χ2n) is 3.09. The first-order valence-electron chi connectivity index (χ1n) is 4.71. The summed E-state index contributed by atoms with van der Waals surface area (Å²) in [4.78, 5) is 11.1. The molecular weight excluding hydrogens is 198 g/mol. The fourth-order valence-corrected chi connectivity index (χ4v) is 1.38. The number of carbonyl (C=O) groups is 1. The number of alkyl halides is 1. The number of nitrogens with one attached hydrogen (secondary N) is 1. The molecule has 0 atom stereocenters. The first kappa shape index (κ1) is 11.1. The molecule has 1 N–H and O–H groups in total. The van der Waals surface area contributed by atoms with E-state index < -0.39 is 0 Å². The van der Waals surface area contributed by atoms with Gasteiger partial charge in [-0.1, -0.05) is 31.5 Å². The van der Waals surface area contributed by atoms with Crippen molar-refractivity contribution in [3.63, 3.8) is 0 Å². The Morgan fingerprint density at radius 1 is 1.43 bits per heavy atom. The predicted molar refractivity (Wildman–Crippen MR) is 59.8 cm³/mol. The van der Waals surface area contributed by atoms with Crippen molar-refractivity contribution in [2.45, 2.75) is 19.8 Å². The molecular formula is C11H14ClNO.